The molecule has 264 valence electrons. The number of ether oxygens (including phenoxy) is 1. The molecule has 14 heteroatoms. The smallest absolute Gasteiger partial charge is 0.323 e. The second kappa shape index (κ2) is 15.5. The summed E-state index contributed by atoms with van der Waals surface area (Å²) in [6.45, 7) is 10.1. The maximum Gasteiger partial charge on any atom is 0.323 e. The van der Waals surface area contributed by atoms with Crippen LogP contribution in [-0.2, 0) is 25.7 Å². The van der Waals surface area contributed by atoms with Gasteiger partial charge in [-0.2, -0.15) is 5.10 Å². The number of nitrogens with zero attached hydrogens (tertiary/aromatic N) is 5. The molecular formula is C36H43BrN8O5. The van der Waals surface area contributed by atoms with Crippen LogP contribution in [0.3, 0.4) is 0 Å². The summed E-state index contributed by atoms with van der Waals surface area (Å²) < 4.78 is 7.15. The van der Waals surface area contributed by atoms with E-state index >= 15 is 0 Å². The van der Waals surface area contributed by atoms with E-state index in [0.717, 1.165) is 23.1 Å². The van der Waals surface area contributed by atoms with E-state index < -0.39 is 18.0 Å². The Morgan fingerprint density at radius 2 is 1.92 bits per heavy atom. The van der Waals surface area contributed by atoms with Crippen LogP contribution < -0.4 is 10.6 Å². The number of hydrogen-bond acceptors (Lipinski definition) is 10. The van der Waals surface area contributed by atoms with Gasteiger partial charge in [-0.25, -0.2) is 4.98 Å². The molecule has 3 aromatic rings. The Bertz CT molecular complexity index is 1890. The summed E-state index contributed by atoms with van der Waals surface area (Å²) in [6, 6.07) is 5.51. The number of anilines is 1. The zero-order valence-electron chi connectivity index (χ0n) is 29.0. The molecule has 0 unspecified atom stereocenters. The Hall–Kier alpha value is -4.69. The molecule has 2 amide bonds. The zero-order valence-corrected chi connectivity index (χ0v) is 30.5. The fraction of sp³-hybridized carbons (Fsp3) is 0.417. The van der Waals surface area contributed by atoms with Crippen molar-refractivity contribution in [3.63, 3.8) is 0 Å². The number of methoxy groups -OCH3 is 1. The standard InChI is InChI=1S/C36H43BrN8O5/c1-7-27-24(18-43-12-8-9-28(43)36(49)50-6)15-29(35(48)41-34-20(2)10-11-30(37)40-34)45(27)31(47)19-44-33-21(3)13-23(25(16-38)17-39-5)14-26(33)32(42-44)22(4)46/h7,10-11,13-14,16-17,24,27-29,38-39H,1,8-9,12,15,18-19H2,2-6H3,(H,40,41,48)/b25-17+,38-16?/t24-,27-,28+,29+/m1/s1. The lowest BCUT2D eigenvalue weighted by Gasteiger charge is -2.31. The number of aryl methyl sites for hydroxylation is 2. The highest BCUT2D eigenvalue weighted by molar-refractivity contribution is 9.10. The third-order valence-corrected chi connectivity index (χ3v) is 9.99. The molecule has 13 nitrogen and oxygen atoms in total. The average molecular weight is 748 g/mol. The first-order chi connectivity index (χ1) is 23.9. The van der Waals surface area contributed by atoms with E-state index in [0.29, 0.717) is 52.8 Å². The molecule has 0 radical (unpaired) electrons. The Morgan fingerprint density at radius 1 is 1.16 bits per heavy atom. The lowest BCUT2D eigenvalue weighted by Crippen LogP contribution is -2.49. The third kappa shape index (κ3) is 7.26. The van der Waals surface area contributed by atoms with Gasteiger partial charge in [-0.05, 0) is 96.4 Å². The molecule has 2 fully saturated rings. The van der Waals surface area contributed by atoms with Crippen LogP contribution in [0.15, 0.2) is 47.7 Å². The lowest BCUT2D eigenvalue weighted by atomic mass is 9.97. The van der Waals surface area contributed by atoms with Crippen LogP contribution >= 0.6 is 15.9 Å². The van der Waals surface area contributed by atoms with Crippen molar-refractivity contribution in [2.45, 2.75) is 64.7 Å². The number of carbonyl (C=O) groups excluding carboxylic acids is 4. The first-order valence-electron chi connectivity index (χ1n) is 16.5. The molecule has 0 aliphatic carbocycles. The zero-order chi connectivity index (χ0) is 36.3. The number of rotatable bonds is 12. The molecular weight excluding hydrogens is 704 g/mol. The maximum atomic E-state index is 14.5. The monoisotopic (exact) mass is 746 g/mol. The van der Waals surface area contributed by atoms with E-state index in [4.69, 9.17) is 10.1 Å². The van der Waals surface area contributed by atoms with Gasteiger partial charge in [0.1, 0.15) is 34.7 Å². The fourth-order valence-electron chi connectivity index (χ4n) is 7.26. The van der Waals surface area contributed by atoms with Crippen LogP contribution in [0.1, 0.15) is 53.4 Å². The molecule has 4 heterocycles. The van der Waals surface area contributed by atoms with Crippen LogP contribution in [0, 0.1) is 25.2 Å². The highest BCUT2D eigenvalue weighted by Gasteiger charge is 2.47. The van der Waals surface area contributed by atoms with Gasteiger partial charge in [0.25, 0.3) is 0 Å². The minimum Gasteiger partial charge on any atom is -0.468 e. The van der Waals surface area contributed by atoms with Crippen molar-refractivity contribution in [3.05, 3.63) is 70.1 Å². The summed E-state index contributed by atoms with van der Waals surface area (Å²) >= 11 is 3.37. The van der Waals surface area contributed by atoms with Gasteiger partial charge < -0.3 is 25.7 Å². The SMILES string of the molecule is C=C[C@@H]1[C@@H](CN2CCC[C@H]2C(=O)OC)C[C@@H](C(=O)Nc2nc(Br)ccc2C)N1C(=O)Cn1nc(C(C)=O)c2cc(/C(C=N)=C/NC)cc(C)c21. The van der Waals surface area contributed by atoms with Gasteiger partial charge in [0.2, 0.25) is 11.8 Å². The van der Waals surface area contributed by atoms with Crippen molar-refractivity contribution in [2.75, 3.05) is 32.6 Å². The number of halogens is 1. The number of fused-ring (bicyclic) bond motifs is 1. The largest absolute Gasteiger partial charge is 0.468 e. The molecule has 2 aliphatic rings. The van der Waals surface area contributed by atoms with Crippen molar-refractivity contribution in [3.8, 4) is 0 Å². The Kier molecular flexibility index (Phi) is 11.3. The predicted molar refractivity (Wildman–Crippen MR) is 195 cm³/mol. The molecule has 1 aromatic carbocycles. The number of nitrogens with one attached hydrogen (secondary N) is 3. The molecule has 2 aliphatic heterocycles. The van der Waals surface area contributed by atoms with Crippen LogP contribution in [0.4, 0.5) is 5.82 Å². The molecule has 2 saturated heterocycles. The first-order valence-corrected chi connectivity index (χ1v) is 17.3. The second-order valence-corrected chi connectivity index (χ2v) is 13.6. The summed E-state index contributed by atoms with van der Waals surface area (Å²) in [5.74, 6) is -1.16. The minimum absolute atomic E-state index is 0.208. The lowest BCUT2D eigenvalue weighted by molar-refractivity contribution is -0.146. The minimum atomic E-state index is -0.876. The van der Waals surface area contributed by atoms with E-state index in [1.54, 1.807) is 36.4 Å². The van der Waals surface area contributed by atoms with Crippen LogP contribution in [0.25, 0.3) is 16.5 Å². The highest BCUT2D eigenvalue weighted by Crippen LogP contribution is 2.35. The summed E-state index contributed by atoms with van der Waals surface area (Å²) in [5.41, 5.74) is 3.69. The van der Waals surface area contributed by atoms with Gasteiger partial charge in [0, 0.05) is 43.9 Å². The van der Waals surface area contributed by atoms with E-state index in [1.807, 2.05) is 26.0 Å². The topological polar surface area (TPSA) is 163 Å². The Morgan fingerprint density at radius 3 is 2.58 bits per heavy atom. The van der Waals surface area contributed by atoms with Gasteiger partial charge in [-0.1, -0.05) is 12.1 Å². The van der Waals surface area contributed by atoms with Crippen molar-refractivity contribution in [1.82, 2.24) is 29.9 Å². The predicted octanol–water partition coefficient (Wildman–Crippen LogP) is 4.27. The molecule has 5 rings (SSSR count). The number of hydrogen-bond donors (Lipinski definition) is 3. The third-order valence-electron chi connectivity index (χ3n) is 9.55. The number of allylic oxidation sites excluding steroid dienone is 1. The molecule has 3 N–H and O–H groups in total. The number of amides is 2. The van der Waals surface area contributed by atoms with Crippen molar-refractivity contribution in [2.24, 2.45) is 5.92 Å². The number of Topliss-reactive ketones (excluding diaryl/α,β-unsaturated/α-hetero) is 1. The average Bonchev–Trinajstić information content (AvgIpc) is 3.80. The highest BCUT2D eigenvalue weighted by atomic mass is 79.9. The number of carbonyl (C=O) groups is 4. The number of likely N-dealkylation sites (tertiary alicyclic amines) is 2. The summed E-state index contributed by atoms with van der Waals surface area (Å²) in [5, 5.41) is 18.9. The van der Waals surface area contributed by atoms with Crippen LogP contribution in [-0.4, -0.2) is 99.7 Å². The van der Waals surface area contributed by atoms with E-state index in [1.165, 1.54) is 24.9 Å². The summed E-state index contributed by atoms with van der Waals surface area (Å²) in [4.78, 5) is 62.0. The Labute approximate surface area is 299 Å². The molecule has 2 aromatic heterocycles. The quantitative estimate of drug-likeness (QED) is 0.0808. The molecule has 4 atom stereocenters. The number of ketones is 1. The second-order valence-electron chi connectivity index (χ2n) is 12.8. The van der Waals surface area contributed by atoms with Crippen molar-refractivity contribution in [1.29, 1.82) is 5.41 Å². The van der Waals surface area contributed by atoms with Crippen molar-refractivity contribution >= 4 is 68.0 Å². The van der Waals surface area contributed by atoms with Gasteiger partial charge in [-0.15, -0.1) is 6.58 Å². The van der Waals surface area contributed by atoms with E-state index in [2.05, 4.69) is 48.1 Å². The van der Waals surface area contributed by atoms with Gasteiger partial charge >= 0.3 is 5.97 Å². The fourth-order valence-corrected chi connectivity index (χ4v) is 7.57. The molecule has 0 spiro atoms. The number of esters is 1. The molecule has 0 saturated carbocycles. The number of pyridine rings is 1. The van der Waals surface area contributed by atoms with E-state index in [-0.39, 0.29) is 41.9 Å². The van der Waals surface area contributed by atoms with Gasteiger partial charge in [-0.3, -0.25) is 28.8 Å². The van der Waals surface area contributed by atoms with E-state index in [9.17, 15) is 19.2 Å². The normalized spacial score (nSPS) is 20.9. The molecule has 50 heavy (non-hydrogen) atoms. The molecule has 0 bridgehead atoms. The van der Waals surface area contributed by atoms with Gasteiger partial charge in [0.15, 0.2) is 5.78 Å². The van der Waals surface area contributed by atoms with Crippen LogP contribution in [0.2, 0.25) is 0 Å². The number of benzene rings is 1. The summed E-state index contributed by atoms with van der Waals surface area (Å²) in [6.07, 6.45) is 6.45. The van der Waals surface area contributed by atoms with Gasteiger partial charge in [0.05, 0.1) is 18.7 Å². The Balaban J connectivity index is 1.53. The van der Waals surface area contributed by atoms with Crippen molar-refractivity contribution < 1.29 is 23.9 Å². The summed E-state index contributed by atoms with van der Waals surface area (Å²) in [7, 11) is 3.12. The maximum absolute atomic E-state index is 14.5. The first kappa shape index (κ1) is 36.6. The number of aromatic nitrogens is 3. The van der Waals surface area contributed by atoms with Crippen LogP contribution in [0.5, 0.6) is 0 Å².